The van der Waals surface area contributed by atoms with Crippen LogP contribution in [-0.4, -0.2) is 47.9 Å². The van der Waals surface area contributed by atoms with Crippen molar-refractivity contribution in [3.05, 3.63) is 0 Å². The van der Waals surface area contributed by atoms with Crippen LogP contribution in [-0.2, 0) is 4.79 Å². The van der Waals surface area contributed by atoms with Crippen LogP contribution >= 0.6 is 10.0 Å². The number of rotatable bonds is 0. The van der Waals surface area contributed by atoms with Crippen molar-refractivity contribution >= 4 is 15.9 Å². The molecular weight excluding hydrogens is 158 g/mol. The molecule has 0 radical (unpaired) electrons. The normalized spacial score (nSPS) is 26.3. The highest BCUT2D eigenvalue weighted by Gasteiger charge is 2.22. The van der Waals surface area contributed by atoms with E-state index in [1.807, 2.05) is 4.90 Å². The number of amides is 1. The van der Waals surface area contributed by atoms with Crippen molar-refractivity contribution in [2.24, 2.45) is 0 Å². The monoisotopic (exact) mass is 175 g/mol. The van der Waals surface area contributed by atoms with Gasteiger partial charge in [-0.3, -0.25) is 4.79 Å². The fourth-order valence-electron chi connectivity index (χ4n) is 1.24. The van der Waals surface area contributed by atoms with Crippen molar-refractivity contribution in [2.75, 3.05) is 37.1 Å². The maximum absolute atomic E-state index is 10.9. The van der Waals surface area contributed by atoms with E-state index in [2.05, 4.69) is 12.5 Å². The molecule has 1 aliphatic heterocycles. The second kappa shape index (κ2) is 3.05. The first kappa shape index (κ1) is 8.91. The molecule has 3 heteroatoms. The lowest BCUT2D eigenvalue weighted by Gasteiger charge is -2.40. The second-order valence-corrected chi connectivity index (χ2v) is 8.03. The van der Waals surface area contributed by atoms with Gasteiger partial charge in [-0.1, -0.05) is 0 Å². The Kier molecular flexibility index (Phi) is 2.47. The first-order valence-corrected chi connectivity index (χ1v) is 6.74. The lowest BCUT2D eigenvalue weighted by molar-refractivity contribution is -0.128. The minimum Gasteiger partial charge on any atom is -0.341 e. The molecular formula is C8H17NOS. The standard InChI is InChI=1S/C8H17NOS/c1-8(10)9-4-6-11(2,3)7-5-9/h4-7H2,1-3H3. The second-order valence-electron chi connectivity index (χ2n) is 3.68. The molecule has 1 aliphatic rings. The van der Waals surface area contributed by atoms with Gasteiger partial charge in [0.1, 0.15) is 0 Å². The van der Waals surface area contributed by atoms with Gasteiger partial charge in [-0.15, -0.1) is 0 Å². The number of carbonyl (C=O) groups is 1. The molecule has 0 aromatic rings. The largest absolute Gasteiger partial charge is 0.341 e. The number of carbonyl (C=O) groups excluding carboxylic acids is 1. The highest BCUT2D eigenvalue weighted by molar-refractivity contribution is 8.32. The smallest absolute Gasteiger partial charge is 0.219 e. The van der Waals surface area contributed by atoms with Crippen LogP contribution in [0.1, 0.15) is 6.92 Å². The minimum atomic E-state index is -0.343. The van der Waals surface area contributed by atoms with Gasteiger partial charge in [0.2, 0.25) is 5.91 Å². The van der Waals surface area contributed by atoms with E-state index in [0.29, 0.717) is 0 Å². The summed E-state index contributed by atoms with van der Waals surface area (Å²) in [5, 5.41) is 0. The molecule has 66 valence electrons. The SMILES string of the molecule is CC(=O)N1CCS(C)(C)CC1. The molecule has 0 aliphatic carbocycles. The van der Waals surface area contributed by atoms with Gasteiger partial charge in [0.15, 0.2) is 0 Å². The van der Waals surface area contributed by atoms with Crippen molar-refractivity contribution in [1.29, 1.82) is 0 Å². The zero-order chi connectivity index (χ0) is 8.48. The van der Waals surface area contributed by atoms with Gasteiger partial charge < -0.3 is 4.90 Å². The van der Waals surface area contributed by atoms with E-state index < -0.39 is 0 Å². The Balaban J connectivity index is 2.42. The fourth-order valence-corrected chi connectivity index (χ4v) is 2.88. The maximum atomic E-state index is 10.9. The van der Waals surface area contributed by atoms with Crippen LogP contribution in [0.4, 0.5) is 0 Å². The van der Waals surface area contributed by atoms with Crippen LogP contribution in [0.5, 0.6) is 0 Å². The molecule has 2 nitrogen and oxygen atoms in total. The molecule has 0 bridgehead atoms. The van der Waals surface area contributed by atoms with E-state index in [1.54, 1.807) is 6.92 Å². The lowest BCUT2D eigenvalue weighted by atomic mass is 10.5. The van der Waals surface area contributed by atoms with E-state index in [9.17, 15) is 4.79 Å². The van der Waals surface area contributed by atoms with E-state index in [-0.39, 0.29) is 15.9 Å². The molecule has 1 heterocycles. The minimum absolute atomic E-state index is 0.236. The molecule has 0 saturated carbocycles. The Morgan fingerprint density at radius 1 is 1.27 bits per heavy atom. The maximum Gasteiger partial charge on any atom is 0.219 e. The van der Waals surface area contributed by atoms with Crippen LogP contribution in [0.15, 0.2) is 0 Å². The molecule has 1 fully saturated rings. The zero-order valence-electron chi connectivity index (χ0n) is 7.59. The van der Waals surface area contributed by atoms with E-state index in [1.165, 1.54) is 11.5 Å². The molecule has 0 aromatic heterocycles. The third kappa shape index (κ3) is 2.40. The molecule has 0 aromatic carbocycles. The summed E-state index contributed by atoms with van der Waals surface area (Å²) in [4.78, 5) is 12.9. The molecule has 0 unspecified atom stereocenters. The van der Waals surface area contributed by atoms with E-state index in [0.717, 1.165) is 13.1 Å². The van der Waals surface area contributed by atoms with Crippen molar-refractivity contribution in [2.45, 2.75) is 6.92 Å². The number of hydrogen-bond donors (Lipinski definition) is 0. The van der Waals surface area contributed by atoms with Crippen molar-refractivity contribution in [3.63, 3.8) is 0 Å². The van der Waals surface area contributed by atoms with E-state index in [4.69, 9.17) is 0 Å². The average Bonchev–Trinajstić information content (AvgIpc) is 1.86. The summed E-state index contributed by atoms with van der Waals surface area (Å²) in [6.45, 7) is 3.63. The Bertz CT molecular complexity index is 157. The summed E-state index contributed by atoms with van der Waals surface area (Å²) in [7, 11) is -0.343. The molecule has 1 rings (SSSR count). The Morgan fingerprint density at radius 2 is 1.73 bits per heavy atom. The molecule has 11 heavy (non-hydrogen) atoms. The summed E-state index contributed by atoms with van der Waals surface area (Å²) in [6.07, 6.45) is 4.70. The molecule has 1 saturated heterocycles. The first-order valence-electron chi connectivity index (χ1n) is 3.95. The van der Waals surface area contributed by atoms with Crippen LogP contribution in [0.2, 0.25) is 0 Å². The summed E-state index contributed by atoms with van der Waals surface area (Å²) < 4.78 is 0. The first-order chi connectivity index (χ1) is 5.01. The predicted octanol–water partition coefficient (Wildman–Crippen LogP) is 0.913. The highest BCUT2D eigenvalue weighted by atomic mass is 32.3. The van der Waals surface area contributed by atoms with E-state index >= 15 is 0 Å². The predicted molar refractivity (Wildman–Crippen MR) is 51.4 cm³/mol. The summed E-state index contributed by atoms with van der Waals surface area (Å²) in [5.74, 6) is 2.69. The average molecular weight is 175 g/mol. The van der Waals surface area contributed by atoms with Crippen LogP contribution < -0.4 is 0 Å². The van der Waals surface area contributed by atoms with Crippen molar-refractivity contribution in [1.82, 2.24) is 4.90 Å². The van der Waals surface area contributed by atoms with Gasteiger partial charge in [-0.05, 0) is 24.0 Å². The molecule has 0 spiro atoms. The topological polar surface area (TPSA) is 20.3 Å². The van der Waals surface area contributed by atoms with Gasteiger partial charge in [0.05, 0.1) is 0 Å². The van der Waals surface area contributed by atoms with Gasteiger partial charge in [0, 0.05) is 20.0 Å². The Labute approximate surface area is 70.3 Å². The Hall–Kier alpha value is -0.180. The number of hydrogen-bond acceptors (Lipinski definition) is 1. The molecule has 0 N–H and O–H groups in total. The number of nitrogens with zero attached hydrogens (tertiary/aromatic N) is 1. The van der Waals surface area contributed by atoms with Crippen molar-refractivity contribution < 1.29 is 4.79 Å². The third-order valence-electron chi connectivity index (χ3n) is 2.27. The Morgan fingerprint density at radius 3 is 2.09 bits per heavy atom. The third-order valence-corrected chi connectivity index (χ3v) is 4.85. The highest BCUT2D eigenvalue weighted by Crippen LogP contribution is 2.41. The lowest BCUT2D eigenvalue weighted by Crippen LogP contribution is -2.40. The quantitative estimate of drug-likeness (QED) is 0.536. The summed E-state index contributed by atoms with van der Waals surface area (Å²) in [6, 6.07) is 0. The zero-order valence-corrected chi connectivity index (χ0v) is 8.41. The van der Waals surface area contributed by atoms with Crippen LogP contribution in [0.3, 0.4) is 0 Å². The van der Waals surface area contributed by atoms with Gasteiger partial charge >= 0.3 is 0 Å². The molecule has 0 atom stereocenters. The fraction of sp³-hybridized carbons (Fsp3) is 0.875. The van der Waals surface area contributed by atoms with Gasteiger partial charge in [-0.25, -0.2) is 10.0 Å². The summed E-state index contributed by atoms with van der Waals surface area (Å²) in [5.41, 5.74) is 0. The van der Waals surface area contributed by atoms with Crippen LogP contribution in [0, 0.1) is 0 Å². The summed E-state index contributed by atoms with van der Waals surface area (Å²) >= 11 is 0. The van der Waals surface area contributed by atoms with Crippen LogP contribution in [0.25, 0.3) is 0 Å². The van der Waals surface area contributed by atoms with Crippen molar-refractivity contribution in [3.8, 4) is 0 Å². The van der Waals surface area contributed by atoms with Gasteiger partial charge in [0.25, 0.3) is 0 Å². The molecule has 1 amide bonds. The van der Waals surface area contributed by atoms with Gasteiger partial charge in [-0.2, -0.15) is 0 Å².